The van der Waals surface area contributed by atoms with Gasteiger partial charge in [-0.15, -0.1) is 22.7 Å². The van der Waals surface area contributed by atoms with Crippen LogP contribution >= 0.6 is 22.7 Å². The first kappa shape index (κ1) is 14.9. The van der Waals surface area contributed by atoms with Gasteiger partial charge in [0.2, 0.25) is 5.91 Å². The molecule has 112 valence electrons. The van der Waals surface area contributed by atoms with E-state index in [0.29, 0.717) is 13.0 Å². The summed E-state index contributed by atoms with van der Waals surface area (Å²) in [5, 5.41) is 8.07. The van der Waals surface area contributed by atoms with Gasteiger partial charge in [0.1, 0.15) is 0 Å². The van der Waals surface area contributed by atoms with Crippen LogP contribution in [0.2, 0.25) is 0 Å². The number of nitrogens with one attached hydrogen (secondary N) is 1. The smallest absolute Gasteiger partial charge is 0.224 e. The molecule has 0 aliphatic heterocycles. The fourth-order valence-electron chi connectivity index (χ4n) is 2.14. The van der Waals surface area contributed by atoms with Crippen LogP contribution in [0.25, 0.3) is 11.3 Å². The minimum atomic E-state index is 0.0469. The van der Waals surface area contributed by atoms with Gasteiger partial charge in [0, 0.05) is 15.8 Å². The number of hydrogen-bond acceptors (Lipinski definition) is 4. The number of amides is 1. The third-order valence-corrected chi connectivity index (χ3v) is 4.92. The maximum atomic E-state index is 11.9. The highest BCUT2D eigenvalue weighted by Gasteiger charge is 2.06. The molecule has 3 aromatic rings. The highest BCUT2D eigenvalue weighted by atomic mass is 32.1. The number of carbonyl (C=O) groups excluding carboxylic acids is 1. The minimum absolute atomic E-state index is 0.0469. The summed E-state index contributed by atoms with van der Waals surface area (Å²) in [5.74, 6) is 0.0469. The number of benzene rings is 1. The second-order valence-electron chi connectivity index (χ2n) is 4.98. The van der Waals surface area contributed by atoms with E-state index in [0.717, 1.165) is 21.8 Å². The summed E-state index contributed by atoms with van der Waals surface area (Å²) in [4.78, 5) is 17.6. The van der Waals surface area contributed by atoms with Crippen LogP contribution in [0, 0.1) is 6.92 Å². The van der Waals surface area contributed by atoms with Crippen molar-refractivity contribution in [3.05, 3.63) is 62.6 Å². The summed E-state index contributed by atoms with van der Waals surface area (Å²) in [6, 6.07) is 12.1. The zero-order chi connectivity index (χ0) is 15.4. The van der Waals surface area contributed by atoms with Gasteiger partial charge in [0.15, 0.2) is 0 Å². The van der Waals surface area contributed by atoms with E-state index in [4.69, 9.17) is 0 Å². The Morgan fingerprint density at radius 1 is 1.18 bits per heavy atom. The van der Waals surface area contributed by atoms with Gasteiger partial charge in [-0.1, -0.05) is 30.3 Å². The fraction of sp³-hybridized carbons (Fsp3) is 0.176. The van der Waals surface area contributed by atoms with E-state index < -0.39 is 0 Å². The lowest BCUT2D eigenvalue weighted by Gasteiger charge is -2.05. The van der Waals surface area contributed by atoms with Gasteiger partial charge in [0.25, 0.3) is 0 Å². The van der Waals surface area contributed by atoms with Gasteiger partial charge in [0.05, 0.1) is 23.7 Å². The van der Waals surface area contributed by atoms with Crippen LogP contribution in [0.1, 0.15) is 15.4 Å². The minimum Gasteiger partial charge on any atom is -0.351 e. The van der Waals surface area contributed by atoms with E-state index in [1.807, 2.05) is 48.7 Å². The second-order valence-corrected chi connectivity index (χ2v) is 7.08. The monoisotopic (exact) mass is 328 g/mol. The molecule has 0 fully saturated rings. The number of aromatic nitrogens is 1. The normalized spacial score (nSPS) is 10.6. The van der Waals surface area contributed by atoms with Crippen molar-refractivity contribution < 1.29 is 4.79 Å². The highest BCUT2D eigenvalue weighted by molar-refractivity contribution is 7.10. The predicted octanol–water partition coefficient (Wildman–Crippen LogP) is 4.04. The standard InChI is InChI=1S/C17H16N2OS2/c1-12-19-16(11-22-12)14-6-4-13(5-7-14)9-17(20)18-10-15-3-2-8-21-15/h2-8,11H,9-10H2,1H3,(H,18,20). The summed E-state index contributed by atoms with van der Waals surface area (Å²) in [7, 11) is 0. The number of carbonyl (C=O) groups is 1. The van der Waals surface area contributed by atoms with Gasteiger partial charge >= 0.3 is 0 Å². The van der Waals surface area contributed by atoms with Crippen molar-refractivity contribution in [2.45, 2.75) is 19.9 Å². The third kappa shape index (κ3) is 3.81. The molecule has 0 saturated heterocycles. The summed E-state index contributed by atoms with van der Waals surface area (Å²) in [6.45, 7) is 2.60. The van der Waals surface area contributed by atoms with E-state index in [-0.39, 0.29) is 5.91 Å². The number of aryl methyl sites for hydroxylation is 1. The van der Waals surface area contributed by atoms with Crippen LogP contribution in [-0.2, 0) is 17.8 Å². The SMILES string of the molecule is Cc1nc(-c2ccc(CC(=O)NCc3cccs3)cc2)cs1. The largest absolute Gasteiger partial charge is 0.351 e. The summed E-state index contributed by atoms with van der Waals surface area (Å²) < 4.78 is 0. The first-order valence-corrected chi connectivity index (χ1v) is 8.77. The van der Waals surface area contributed by atoms with Crippen LogP contribution in [0.5, 0.6) is 0 Å². The van der Waals surface area contributed by atoms with E-state index in [9.17, 15) is 4.79 Å². The van der Waals surface area contributed by atoms with Crippen LogP contribution in [0.4, 0.5) is 0 Å². The van der Waals surface area contributed by atoms with Crippen LogP contribution in [0.15, 0.2) is 47.2 Å². The molecule has 2 aromatic heterocycles. The molecule has 0 spiro atoms. The number of hydrogen-bond donors (Lipinski definition) is 1. The lowest BCUT2D eigenvalue weighted by molar-refractivity contribution is -0.120. The summed E-state index contributed by atoms with van der Waals surface area (Å²) >= 11 is 3.30. The molecule has 2 heterocycles. The Balaban J connectivity index is 1.57. The van der Waals surface area contributed by atoms with Crippen LogP contribution in [0.3, 0.4) is 0 Å². The lowest BCUT2D eigenvalue weighted by Crippen LogP contribution is -2.24. The van der Waals surface area contributed by atoms with Gasteiger partial charge in [-0.2, -0.15) is 0 Å². The maximum absolute atomic E-state index is 11.9. The lowest BCUT2D eigenvalue weighted by atomic mass is 10.1. The summed E-state index contributed by atoms with van der Waals surface area (Å²) in [5.41, 5.74) is 3.10. The first-order valence-electron chi connectivity index (χ1n) is 7.01. The van der Waals surface area contributed by atoms with Crippen molar-refractivity contribution in [2.75, 3.05) is 0 Å². The molecular weight excluding hydrogens is 312 g/mol. The van der Waals surface area contributed by atoms with Crippen molar-refractivity contribution in [1.82, 2.24) is 10.3 Å². The summed E-state index contributed by atoms with van der Waals surface area (Å²) in [6.07, 6.45) is 0.405. The van der Waals surface area contributed by atoms with Crippen LogP contribution in [-0.4, -0.2) is 10.9 Å². The van der Waals surface area contributed by atoms with Crippen molar-refractivity contribution in [3.63, 3.8) is 0 Å². The van der Waals surface area contributed by atoms with Crippen molar-refractivity contribution in [1.29, 1.82) is 0 Å². The maximum Gasteiger partial charge on any atom is 0.224 e. The second kappa shape index (κ2) is 6.85. The Morgan fingerprint density at radius 3 is 2.64 bits per heavy atom. The molecule has 0 unspecified atom stereocenters. The van der Waals surface area contributed by atoms with E-state index in [1.54, 1.807) is 22.7 Å². The van der Waals surface area contributed by atoms with E-state index >= 15 is 0 Å². The van der Waals surface area contributed by atoms with Gasteiger partial charge in [-0.3, -0.25) is 4.79 Å². The van der Waals surface area contributed by atoms with Crippen LogP contribution < -0.4 is 5.32 Å². The van der Waals surface area contributed by atoms with Crippen molar-refractivity contribution >= 4 is 28.6 Å². The van der Waals surface area contributed by atoms with Crippen molar-refractivity contribution in [2.24, 2.45) is 0 Å². The van der Waals surface area contributed by atoms with Gasteiger partial charge in [-0.25, -0.2) is 4.98 Å². The molecule has 0 bridgehead atoms. The number of thiazole rings is 1. The topological polar surface area (TPSA) is 42.0 Å². The molecule has 0 aliphatic carbocycles. The predicted molar refractivity (Wildman–Crippen MR) is 92.2 cm³/mol. The third-order valence-electron chi connectivity index (χ3n) is 3.27. The molecule has 1 amide bonds. The Labute approximate surface area is 137 Å². The number of thiophene rings is 1. The zero-order valence-corrected chi connectivity index (χ0v) is 13.8. The zero-order valence-electron chi connectivity index (χ0n) is 12.2. The highest BCUT2D eigenvalue weighted by Crippen LogP contribution is 2.21. The average Bonchev–Trinajstić information content (AvgIpc) is 3.17. The molecular formula is C17H16N2OS2. The van der Waals surface area contributed by atoms with E-state index in [1.165, 1.54) is 4.88 Å². The molecule has 1 N–H and O–H groups in total. The first-order chi connectivity index (χ1) is 10.7. The average molecular weight is 328 g/mol. The van der Waals surface area contributed by atoms with E-state index in [2.05, 4.69) is 15.7 Å². The quantitative estimate of drug-likeness (QED) is 0.768. The number of rotatable bonds is 5. The molecule has 3 rings (SSSR count). The molecule has 3 nitrogen and oxygen atoms in total. The molecule has 0 aliphatic rings. The molecule has 0 radical (unpaired) electrons. The molecule has 0 saturated carbocycles. The van der Waals surface area contributed by atoms with Gasteiger partial charge < -0.3 is 5.32 Å². The fourth-order valence-corrected chi connectivity index (χ4v) is 3.40. The Hall–Kier alpha value is -1.98. The Morgan fingerprint density at radius 2 is 2.00 bits per heavy atom. The number of nitrogens with zero attached hydrogens (tertiary/aromatic N) is 1. The Kier molecular flexibility index (Phi) is 4.65. The molecule has 22 heavy (non-hydrogen) atoms. The molecule has 1 aromatic carbocycles. The Bertz CT molecular complexity index is 745. The molecule has 5 heteroatoms. The van der Waals surface area contributed by atoms with Gasteiger partial charge in [-0.05, 0) is 23.9 Å². The van der Waals surface area contributed by atoms with Crippen molar-refractivity contribution in [3.8, 4) is 11.3 Å². The molecule has 0 atom stereocenters.